The van der Waals surface area contributed by atoms with Crippen LogP contribution in [0.15, 0.2) is 30.3 Å². The van der Waals surface area contributed by atoms with Crippen molar-refractivity contribution in [1.29, 1.82) is 0 Å². The number of methoxy groups -OCH3 is 1. The fraction of sp³-hybridized carbons (Fsp3) is 0.500. The van der Waals surface area contributed by atoms with Crippen molar-refractivity contribution in [2.45, 2.75) is 40.2 Å². The molecule has 1 atom stereocenters. The van der Waals surface area contributed by atoms with Crippen molar-refractivity contribution in [1.82, 2.24) is 5.32 Å². The maximum atomic E-state index is 12.0. The third-order valence-corrected chi connectivity index (χ3v) is 3.46. The Kier molecular flexibility index (Phi) is 6.62. The summed E-state index contributed by atoms with van der Waals surface area (Å²) < 4.78 is 5.19. The van der Waals surface area contributed by atoms with Crippen molar-refractivity contribution >= 4 is 11.5 Å². The second-order valence-electron chi connectivity index (χ2n) is 6.49. The molecule has 0 aliphatic heterocycles. The van der Waals surface area contributed by atoms with Crippen LogP contribution >= 0.6 is 0 Å². The van der Waals surface area contributed by atoms with Crippen molar-refractivity contribution in [3.05, 3.63) is 35.9 Å². The first kappa shape index (κ1) is 18.2. The molecule has 0 aliphatic carbocycles. The van der Waals surface area contributed by atoms with E-state index >= 15 is 0 Å². The molecule has 0 saturated heterocycles. The van der Waals surface area contributed by atoms with E-state index in [2.05, 4.69) is 5.32 Å². The maximum Gasteiger partial charge on any atom is 0.244 e. The summed E-state index contributed by atoms with van der Waals surface area (Å²) in [6, 6.07) is 7.61. The first-order chi connectivity index (χ1) is 10.2. The van der Waals surface area contributed by atoms with E-state index in [-0.39, 0.29) is 17.4 Å². The summed E-state index contributed by atoms with van der Waals surface area (Å²) in [5, 5.41) is 12.4. The zero-order valence-corrected chi connectivity index (χ0v) is 14.1. The lowest BCUT2D eigenvalue weighted by Gasteiger charge is -2.26. The van der Waals surface area contributed by atoms with Crippen molar-refractivity contribution < 1.29 is 14.6 Å². The topological polar surface area (TPSA) is 58.6 Å². The van der Waals surface area contributed by atoms with Gasteiger partial charge >= 0.3 is 0 Å². The number of benzene rings is 1. The van der Waals surface area contributed by atoms with Crippen LogP contribution in [-0.2, 0) is 4.79 Å². The van der Waals surface area contributed by atoms with Crippen molar-refractivity contribution in [3.8, 4) is 5.75 Å². The Morgan fingerprint density at radius 3 is 2.73 bits per heavy atom. The quantitative estimate of drug-likeness (QED) is 0.761. The Labute approximate surface area is 133 Å². The number of rotatable bonds is 7. The zero-order chi connectivity index (χ0) is 16.8. The van der Waals surface area contributed by atoms with Gasteiger partial charge in [0.2, 0.25) is 5.91 Å². The first-order valence-corrected chi connectivity index (χ1v) is 7.52. The summed E-state index contributed by atoms with van der Waals surface area (Å²) in [5.74, 6) is 0.641. The number of carbonyl (C=O) groups excluding carboxylic acids is 1. The second-order valence-corrected chi connectivity index (χ2v) is 6.49. The molecule has 0 fully saturated rings. The molecule has 1 aromatic rings. The molecule has 1 rings (SSSR count). The molecule has 122 valence electrons. The molecule has 0 radical (unpaired) electrons. The predicted molar refractivity (Wildman–Crippen MR) is 89.7 cm³/mol. The molecule has 4 nitrogen and oxygen atoms in total. The van der Waals surface area contributed by atoms with E-state index in [0.717, 1.165) is 16.9 Å². The van der Waals surface area contributed by atoms with Crippen LogP contribution in [0, 0.1) is 5.41 Å². The van der Waals surface area contributed by atoms with Crippen molar-refractivity contribution in [2.24, 2.45) is 5.41 Å². The molecule has 1 unspecified atom stereocenters. The lowest BCUT2D eigenvalue weighted by molar-refractivity contribution is -0.117. The first-order valence-electron chi connectivity index (χ1n) is 7.52. The van der Waals surface area contributed by atoms with E-state index in [9.17, 15) is 9.90 Å². The Bertz CT molecular complexity index is 533. The summed E-state index contributed by atoms with van der Waals surface area (Å²) in [4.78, 5) is 12.0. The number of carbonyl (C=O) groups is 1. The lowest BCUT2D eigenvalue weighted by Crippen LogP contribution is -2.35. The zero-order valence-electron chi connectivity index (χ0n) is 14.1. The summed E-state index contributed by atoms with van der Waals surface area (Å²) in [6.45, 7) is 8.24. The van der Waals surface area contributed by atoms with Gasteiger partial charge in [-0.1, -0.05) is 26.0 Å². The van der Waals surface area contributed by atoms with Gasteiger partial charge in [-0.2, -0.15) is 0 Å². The molecule has 0 aliphatic rings. The minimum Gasteiger partial charge on any atom is -0.497 e. The van der Waals surface area contributed by atoms with Crippen LogP contribution in [0.3, 0.4) is 0 Å². The molecule has 0 saturated carbocycles. The molecule has 2 N–H and O–H groups in total. The molecule has 1 aromatic carbocycles. The molecular formula is C18H27NO3. The van der Waals surface area contributed by atoms with Crippen LogP contribution in [0.25, 0.3) is 5.57 Å². The highest BCUT2D eigenvalue weighted by molar-refractivity contribution is 5.94. The van der Waals surface area contributed by atoms with Gasteiger partial charge in [0.15, 0.2) is 0 Å². The monoisotopic (exact) mass is 305 g/mol. The average molecular weight is 305 g/mol. The molecule has 0 spiro atoms. The van der Waals surface area contributed by atoms with Gasteiger partial charge in [0.25, 0.3) is 0 Å². The molecule has 0 heterocycles. The van der Waals surface area contributed by atoms with Crippen LogP contribution in [-0.4, -0.2) is 30.8 Å². The summed E-state index contributed by atoms with van der Waals surface area (Å²) in [7, 11) is 1.62. The number of amides is 1. The minimum absolute atomic E-state index is 0.126. The van der Waals surface area contributed by atoms with Gasteiger partial charge in [-0.3, -0.25) is 4.79 Å². The highest BCUT2D eigenvalue weighted by Crippen LogP contribution is 2.22. The Morgan fingerprint density at radius 2 is 2.14 bits per heavy atom. The van der Waals surface area contributed by atoms with E-state index in [1.165, 1.54) is 0 Å². The summed E-state index contributed by atoms with van der Waals surface area (Å²) in [6.07, 6.45) is 1.86. The summed E-state index contributed by atoms with van der Waals surface area (Å²) >= 11 is 0. The van der Waals surface area contributed by atoms with Gasteiger partial charge in [0.1, 0.15) is 5.75 Å². The lowest BCUT2D eigenvalue weighted by atomic mass is 9.87. The molecule has 0 bridgehead atoms. The number of allylic oxidation sites excluding steroid dienone is 1. The van der Waals surface area contributed by atoms with Crippen molar-refractivity contribution in [2.75, 3.05) is 13.7 Å². The van der Waals surface area contributed by atoms with Gasteiger partial charge in [-0.15, -0.1) is 0 Å². The second kappa shape index (κ2) is 7.99. The van der Waals surface area contributed by atoms with E-state index in [0.29, 0.717) is 13.0 Å². The Hall–Kier alpha value is -1.81. The molecule has 22 heavy (non-hydrogen) atoms. The highest BCUT2D eigenvalue weighted by Gasteiger charge is 2.20. The third-order valence-electron chi connectivity index (χ3n) is 3.46. The van der Waals surface area contributed by atoms with Gasteiger partial charge < -0.3 is 15.2 Å². The maximum absolute atomic E-state index is 12.0. The standard InChI is InChI=1S/C18H27NO3/c1-13(15-7-6-8-16(10-15)22-5)9-17(21)19-12-18(3,4)11-14(2)20/h6-10,14,20H,11-12H2,1-5H3,(H,19,21). The van der Waals surface area contributed by atoms with Crippen LogP contribution in [0.4, 0.5) is 0 Å². The molecule has 0 aromatic heterocycles. The van der Waals surface area contributed by atoms with Gasteiger partial charge in [0, 0.05) is 12.6 Å². The average Bonchev–Trinajstić information content (AvgIpc) is 2.44. The molecular weight excluding hydrogens is 278 g/mol. The number of aliphatic hydroxyl groups is 1. The van der Waals surface area contributed by atoms with Gasteiger partial charge in [0.05, 0.1) is 13.2 Å². The fourth-order valence-electron chi connectivity index (χ4n) is 2.40. The third kappa shape index (κ3) is 6.31. The van der Waals surface area contributed by atoms with E-state index in [1.54, 1.807) is 20.1 Å². The number of aliphatic hydroxyl groups excluding tert-OH is 1. The minimum atomic E-state index is -0.374. The van der Waals surface area contributed by atoms with Crippen molar-refractivity contribution in [3.63, 3.8) is 0 Å². The van der Waals surface area contributed by atoms with Gasteiger partial charge in [-0.25, -0.2) is 0 Å². The smallest absolute Gasteiger partial charge is 0.244 e. The largest absolute Gasteiger partial charge is 0.497 e. The Balaban J connectivity index is 2.66. The molecule has 4 heteroatoms. The van der Waals surface area contributed by atoms with Gasteiger partial charge in [-0.05, 0) is 49.0 Å². The highest BCUT2D eigenvalue weighted by atomic mass is 16.5. The van der Waals surface area contributed by atoms with Crippen LogP contribution < -0.4 is 10.1 Å². The number of nitrogens with one attached hydrogen (secondary N) is 1. The Morgan fingerprint density at radius 1 is 1.45 bits per heavy atom. The predicted octanol–water partition coefficient (Wildman–Crippen LogP) is 3.01. The molecule has 1 amide bonds. The van der Waals surface area contributed by atoms with Crippen LogP contribution in [0.1, 0.15) is 39.7 Å². The van der Waals surface area contributed by atoms with E-state index in [1.807, 2.05) is 45.0 Å². The van der Waals surface area contributed by atoms with E-state index < -0.39 is 0 Å². The SMILES string of the molecule is COc1cccc(C(C)=CC(=O)NCC(C)(C)CC(C)O)c1. The fourth-order valence-corrected chi connectivity index (χ4v) is 2.40. The normalized spacial score (nSPS) is 13.6. The number of hydrogen-bond acceptors (Lipinski definition) is 3. The number of hydrogen-bond donors (Lipinski definition) is 2. The van der Waals surface area contributed by atoms with Crippen LogP contribution in [0.5, 0.6) is 5.75 Å². The number of ether oxygens (including phenoxy) is 1. The summed E-state index contributed by atoms with van der Waals surface area (Å²) in [5.41, 5.74) is 1.70. The van der Waals surface area contributed by atoms with Crippen LogP contribution in [0.2, 0.25) is 0 Å². The van der Waals surface area contributed by atoms with E-state index in [4.69, 9.17) is 4.74 Å².